The minimum Gasteiger partial charge on any atom is -0.344 e. The van der Waals surface area contributed by atoms with E-state index in [4.69, 9.17) is 5.73 Å². The van der Waals surface area contributed by atoms with Crippen LogP contribution < -0.4 is 5.73 Å². The van der Waals surface area contributed by atoms with Crippen LogP contribution in [0.2, 0.25) is 0 Å². The van der Waals surface area contributed by atoms with Crippen LogP contribution in [0.5, 0.6) is 0 Å². The summed E-state index contributed by atoms with van der Waals surface area (Å²) in [6.07, 6.45) is 14.9. The second kappa shape index (κ2) is 32.5. The summed E-state index contributed by atoms with van der Waals surface area (Å²) in [4.78, 5) is 16.1. The first-order valence-corrected chi connectivity index (χ1v) is 39.0. The highest BCUT2D eigenvalue weighted by molar-refractivity contribution is 5.89. The average Bonchev–Trinajstić information content (AvgIpc) is 1.62. The Balaban J connectivity index is 0.000000119. The number of aryl methyl sites for hydroxylation is 4. The standard InChI is InChI=1S/C25H31N3.C23H28FN3.C23H27FN2.C21H24FN3/c1-18-6-7-24-22(14-18)23-17-27(2)13-10-25(23)28(24)16-21(15-19-4-3-5-19)20-8-11-26-12-9-20;1-16-5-10-21-19(13-16)20-14-26(4)12-11-22(20)27(21)15-23(25(2)3)17-6-8-18(24)9-7-17;1-4-17(18-6-8-19(24)9-7-18)14-26-22-10-5-16(2)13-20(22)21-15-25(3)12-11-23(21)26;1-14-3-8-20-17(11-14)18-12-24(2)10-9-21(18)25(20)13-19(23)15-4-6-16(22)7-5-15/h6-9,11-12,14,19,21H,3-5,10,13,15-17H2,1-2H3;5-10,13,23H,11-12,14-15H2,1-4H3;5-10,13,17H,4,11-12,14-15H2,1-3H3;3-8,11,19H,9-10,12-13,23H2,1-2H3. The summed E-state index contributed by atoms with van der Waals surface area (Å²) < 4.78 is 50.0. The molecule has 106 heavy (non-hydrogen) atoms. The van der Waals surface area contributed by atoms with Gasteiger partial charge in [0, 0.05) is 201 Å². The highest BCUT2D eigenvalue weighted by Crippen LogP contribution is 2.41. The van der Waals surface area contributed by atoms with Gasteiger partial charge in [0.2, 0.25) is 0 Å². The van der Waals surface area contributed by atoms with Crippen molar-refractivity contribution in [1.29, 1.82) is 0 Å². The van der Waals surface area contributed by atoms with E-state index < -0.39 is 0 Å². The molecule has 0 radical (unpaired) electrons. The van der Waals surface area contributed by atoms with Crippen LogP contribution in [0.4, 0.5) is 13.2 Å². The van der Waals surface area contributed by atoms with Crippen molar-refractivity contribution in [2.75, 3.05) is 68.5 Å². The van der Waals surface area contributed by atoms with Gasteiger partial charge in [0.1, 0.15) is 17.5 Å². The molecule has 0 bridgehead atoms. The zero-order valence-corrected chi connectivity index (χ0v) is 64.6. The maximum Gasteiger partial charge on any atom is 0.123 e. The summed E-state index contributed by atoms with van der Waals surface area (Å²) in [5, 5.41) is 5.60. The lowest BCUT2D eigenvalue weighted by atomic mass is 9.77. The molecule has 5 aliphatic rings. The molecule has 0 amide bonds. The Morgan fingerprint density at radius 2 is 0.745 bits per heavy atom. The molecule has 0 spiro atoms. The van der Waals surface area contributed by atoms with Gasteiger partial charge < -0.3 is 48.5 Å². The fourth-order valence-electron chi connectivity index (χ4n) is 17.8. The molecule has 11 nitrogen and oxygen atoms in total. The highest BCUT2D eigenvalue weighted by atomic mass is 19.1. The Labute approximate surface area is 627 Å². The maximum atomic E-state index is 13.4. The van der Waals surface area contributed by atoms with E-state index in [2.05, 4.69) is 210 Å². The molecule has 14 heteroatoms. The molecule has 7 aromatic carbocycles. The first kappa shape index (κ1) is 74.3. The number of hydrogen-bond donors (Lipinski definition) is 1. The lowest BCUT2D eigenvalue weighted by Crippen LogP contribution is -2.29. The van der Waals surface area contributed by atoms with Gasteiger partial charge in [0.15, 0.2) is 0 Å². The summed E-state index contributed by atoms with van der Waals surface area (Å²) in [5.74, 6) is 1.32. The monoisotopic (exact) mass is 1430 g/mol. The van der Waals surface area contributed by atoms with Crippen molar-refractivity contribution in [2.24, 2.45) is 11.7 Å². The van der Waals surface area contributed by atoms with Crippen molar-refractivity contribution in [3.63, 3.8) is 0 Å². The van der Waals surface area contributed by atoms with Gasteiger partial charge >= 0.3 is 0 Å². The molecule has 1 aliphatic carbocycles. The summed E-state index contributed by atoms with van der Waals surface area (Å²) in [6, 6.07) is 52.4. The van der Waals surface area contributed by atoms with Crippen molar-refractivity contribution >= 4 is 43.6 Å². The molecule has 12 aromatic rings. The van der Waals surface area contributed by atoms with Gasteiger partial charge in [-0.05, 0) is 230 Å². The van der Waals surface area contributed by atoms with Gasteiger partial charge in [-0.3, -0.25) is 4.98 Å². The van der Waals surface area contributed by atoms with Gasteiger partial charge in [-0.2, -0.15) is 0 Å². The van der Waals surface area contributed by atoms with Gasteiger partial charge in [0.25, 0.3) is 0 Å². The van der Waals surface area contributed by atoms with Gasteiger partial charge in [-0.15, -0.1) is 0 Å². The lowest BCUT2D eigenvalue weighted by Gasteiger charge is -2.31. The minimum atomic E-state index is -0.224. The number of rotatable bonds is 16. The molecular formula is C92H110F3N11. The lowest BCUT2D eigenvalue weighted by molar-refractivity contribution is 0.263. The molecule has 1 saturated carbocycles. The number of nitrogens with two attached hydrogens (primary N) is 1. The average molecular weight is 1430 g/mol. The second-order valence-corrected chi connectivity index (χ2v) is 32.0. The Hall–Kier alpha value is -8.60. The minimum absolute atomic E-state index is 0.152. The molecule has 4 atom stereocenters. The first-order valence-electron chi connectivity index (χ1n) is 39.0. The van der Waals surface area contributed by atoms with Crippen LogP contribution in [-0.2, 0) is 78.0 Å². The molecule has 2 N–H and O–H groups in total. The highest BCUT2D eigenvalue weighted by Gasteiger charge is 2.31. The van der Waals surface area contributed by atoms with E-state index in [-0.39, 0.29) is 29.5 Å². The SMILES string of the molecule is CCC(Cn1c2c(c3cc(C)ccc31)CN(C)CC2)c1ccc(F)cc1.Cc1ccc2c(c1)c1c(n2CC(CC2CCC2)c2ccncc2)CCN(C)C1.Cc1ccc2c(c1)c1c(n2CC(N)c2ccc(F)cc2)CCN(C)C1.Cc1ccc2c(c1)c1c(n2CC(c2ccc(F)cc2)N(C)C)CCN(C)C1. The van der Waals surface area contributed by atoms with Crippen LogP contribution in [0.15, 0.2) is 170 Å². The molecule has 554 valence electrons. The third-order valence-electron chi connectivity index (χ3n) is 24.0. The van der Waals surface area contributed by atoms with Crippen LogP contribution in [0.3, 0.4) is 0 Å². The molecule has 9 heterocycles. The molecule has 1 fully saturated rings. The quantitative estimate of drug-likeness (QED) is 0.103. The largest absolute Gasteiger partial charge is 0.344 e. The van der Waals surface area contributed by atoms with Gasteiger partial charge in [0.05, 0.1) is 6.04 Å². The van der Waals surface area contributed by atoms with Crippen molar-refractivity contribution in [3.05, 3.63) is 277 Å². The topological polar surface area (TPSA) is 74.8 Å². The smallest absolute Gasteiger partial charge is 0.123 e. The Kier molecular flexibility index (Phi) is 22.7. The zero-order chi connectivity index (χ0) is 74.0. The molecule has 5 aromatic heterocycles. The van der Waals surface area contributed by atoms with Crippen LogP contribution in [-0.4, -0.2) is 116 Å². The van der Waals surface area contributed by atoms with Crippen LogP contribution in [0, 0.1) is 51.1 Å². The van der Waals surface area contributed by atoms with E-state index in [9.17, 15) is 13.2 Å². The number of pyridine rings is 1. The van der Waals surface area contributed by atoms with E-state index in [0.717, 1.165) is 121 Å². The van der Waals surface area contributed by atoms with Crippen LogP contribution in [0.25, 0.3) is 43.6 Å². The maximum absolute atomic E-state index is 13.4. The Morgan fingerprint density at radius 1 is 0.415 bits per heavy atom. The molecular weight excluding hydrogens is 1320 g/mol. The third kappa shape index (κ3) is 16.2. The van der Waals surface area contributed by atoms with E-state index in [1.807, 2.05) is 36.7 Å². The first-order chi connectivity index (χ1) is 51.2. The van der Waals surface area contributed by atoms with Crippen molar-refractivity contribution in [3.8, 4) is 0 Å². The number of halogens is 3. The summed E-state index contributed by atoms with van der Waals surface area (Å²) in [5.41, 5.74) is 33.7. The number of fused-ring (bicyclic) bond motifs is 12. The van der Waals surface area contributed by atoms with Crippen LogP contribution >= 0.6 is 0 Å². The van der Waals surface area contributed by atoms with Crippen molar-refractivity contribution < 1.29 is 13.2 Å². The van der Waals surface area contributed by atoms with E-state index >= 15 is 0 Å². The number of nitrogens with zero attached hydrogens (tertiary/aromatic N) is 10. The van der Waals surface area contributed by atoms with Crippen LogP contribution in [0.1, 0.15) is 152 Å². The predicted molar refractivity (Wildman–Crippen MR) is 431 cm³/mol. The molecule has 0 saturated heterocycles. The van der Waals surface area contributed by atoms with E-state index in [0.29, 0.717) is 18.4 Å². The zero-order valence-electron chi connectivity index (χ0n) is 64.6. The summed E-state index contributed by atoms with van der Waals surface area (Å²) >= 11 is 0. The van der Waals surface area contributed by atoms with E-state index in [1.54, 1.807) is 47.7 Å². The Morgan fingerprint density at radius 3 is 1.09 bits per heavy atom. The number of likely N-dealkylation sites (N-methyl/N-ethyl adjacent to an activating group) is 5. The number of hydrogen-bond acceptors (Lipinski definition) is 7. The normalized spacial score (nSPS) is 16.8. The molecule has 4 aliphatic heterocycles. The fraction of sp³-hybridized carbons (Fsp3) is 0.402. The predicted octanol–water partition coefficient (Wildman–Crippen LogP) is 18.7. The van der Waals surface area contributed by atoms with Crippen molar-refractivity contribution in [2.45, 2.75) is 169 Å². The Bertz CT molecular complexity index is 5020. The summed E-state index contributed by atoms with van der Waals surface area (Å²) in [6.45, 7) is 23.1. The van der Waals surface area contributed by atoms with Gasteiger partial charge in [-0.25, -0.2) is 13.2 Å². The molecule has 4 unspecified atom stereocenters. The molecule has 17 rings (SSSR count). The second-order valence-electron chi connectivity index (χ2n) is 32.0. The third-order valence-corrected chi connectivity index (χ3v) is 24.0. The van der Waals surface area contributed by atoms with E-state index in [1.165, 1.54) is 149 Å². The van der Waals surface area contributed by atoms with Gasteiger partial charge in [-0.1, -0.05) is 109 Å². The number of benzene rings is 7. The summed E-state index contributed by atoms with van der Waals surface area (Å²) in [7, 11) is 13.0. The van der Waals surface area contributed by atoms with Crippen molar-refractivity contribution in [1.82, 2.24) is 47.8 Å². The fourth-order valence-corrected chi connectivity index (χ4v) is 17.8. The number of aromatic nitrogens is 5.